The van der Waals surface area contributed by atoms with Gasteiger partial charge in [-0.25, -0.2) is 0 Å². The van der Waals surface area contributed by atoms with E-state index >= 15 is 0 Å². The molecule has 4 heteroatoms. The molecular formula is C14H26N2O2. The monoisotopic (exact) mass is 254 g/mol. The summed E-state index contributed by atoms with van der Waals surface area (Å²) in [4.78, 5) is 11.9. The highest BCUT2D eigenvalue weighted by molar-refractivity contribution is 5.76. The standard InChI is InChI=1S/C14H26N2O2/c1-18-13-4-3-12(10-13)16-14(17)5-2-11-6-8-15-9-7-11/h11-13,15H,2-10H2,1H3,(H,16,17). The first kappa shape index (κ1) is 13.8. The third-order valence-electron chi connectivity index (χ3n) is 4.32. The summed E-state index contributed by atoms with van der Waals surface area (Å²) in [6, 6.07) is 0.343. The van der Waals surface area contributed by atoms with E-state index in [4.69, 9.17) is 4.74 Å². The van der Waals surface area contributed by atoms with Gasteiger partial charge < -0.3 is 15.4 Å². The van der Waals surface area contributed by atoms with E-state index in [1.807, 2.05) is 0 Å². The summed E-state index contributed by atoms with van der Waals surface area (Å²) in [5.74, 6) is 0.975. The van der Waals surface area contributed by atoms with E-state index in [2.05, 4.69) is 10.6 Å². The summed E-state index contributed by atoms with van der Waals surface area (Å²) < 4.78 is 5.32. The highest BCUT2D eigenvalue weighted by Crippen LogP contribution is 2.22. The molecule has 0 aromatic heterocycles. The van der Waals surface area contributed by atoms with Gasteiger partial charge in [-0.15, -0.1) is 0 Å². The number of ether oxygens (including phenoxy) is 1. The summed E-state index contributed by atoms with van der Waals surface area (Å²) in [7, 11) is 1.76. The summed E-state index contributed by atoms with van der Waals surface area (Å²) in [6.07, 6.45) is 7.67. The molecule has 0 spiro atoms. The van der Waals surface area contributed by atoms with Gasteiger partial charge in [-0.3, -0.25) is 4.79 Å². The Hall–Kier alpha value is -0.610. The lowest BCUT2D eigenvalue weighted by Crippen LogP contribution is -2.34. The van der Waals surface area contributed by atoms with Gasteiger partial charge in [0.25, 0.3) is 0 Å². The minimum Gasteiger partial charge on any atom is -0.381 e. The van der Waals surface area contributed by atoms with Crippen molar-refractivity contribution in [1.82, 2.24) is 10.6 Å². The second-order valence-electron chi connectivity index (χ2n) is 5.67. The fraction of sp³-hybridized carbons (Fsp3) is 0.929. The van der Waals surface area contributed by atoms with Crippen LogP contribution in [0.2, 0.25) is 0 Å². The number of amides is 1. The Kier molecular flexibility index (Phi) is 5.45. The van der Waals surface area contributed by atoms with Gasteiger partial charge in [0.1, 0.15) is 0 Å². The van der Waals surface area contributed by atoms with Crippen LogP contribution in [0.5, 0.6) is 0 Å². The first-order chi connectivity index (χ1) is 8.78. The number of hydrogen-bond acceptors (Lipinski definition) is 3. The summed E-state index contributed by atoms with van der Waals surface area (Å²) in [5, 5.41) is 6.51. The number of carbonyl (C=O) groups is 1. The van der Waals surface area contributed by atoms with Crippen molar-refractivity contribution in [3.05, 3.63) is 0 Å². The number of piperidine rings is 1. The van der Waals surface area contributed by atoms with Crippen LogP contribution >= 0.6 is 0 Å². The third kappa shape index (κ3) is 4.25. The fourth-order valence-electron chi connectivity index (χ4n) is 3.09. The second kappa shape index (κ2) is 7.10. The molecule has 2 aliphatic rings. The largest absolute Gasteiger partial charge is 0.381 e. The fourth-order valence-corrected chi connectivity index (χ4v) is 3.09. The summed E-state index contributed by atoms with van der Waals surface area (Å²) in [5.41, 5.74) is 0. The molecule has 4 nitrogen and oxygen atoms in total. The van der Waals surface area contributed by atoms with Crippen LogP contribution in [0.3, 0.4) is 0 Å². The Bertz CT molecular complexity index is 265. The quantitative estimate of drug-likeness (QED) is 0.781. The van der Waals surface area contributed by atoms with Crippen molar-refractivity contribution in [3.8, 4) is 0 Å². The van der Waals surface area contributed by atoms with E-state index in [1.165, 1.54) is 12.8 Å². The molecule has 104 valence electrons. The zero-order chi connectivity index (χ0) is 12.8. The van der Waals surface area contributed by atoms with Crippen molar-refractivity contribution in [3.63, 3.8) is 0 Å². The minimum atomic E-state index is 0.232. The van der Waals surface area contributed by atoms with Gasteiger partial charge in [0.15, 0.2) is 0 Å². The van der Waals surface area contributed by atoms with Gasteiger partial charge >= 0.3 is 0 Å². The van der Waals surface area contributed by atoms with Crippen molar-refractivity contribution in [2.75, 3.05) is 20.2 Å². The predicted molar refractivity (Wildman–Crippen MR) is 71.4 cm³/mol. The molecule has 1 amide bonds. The van der Waals surface area contributed by atoms with Crippen molar-refractivity contribution in [1.29, 1.82) is 0 Å². The van der Waals surface area contributed by atoms with Crippen LogP contribution in [-0.4, -0.2) is 38.3 Å². The van der Waals surface area contributed by atoms with E-state index in [0.29, 0.717) is 18.6 Å². The van der Waals surface area contributed by atoms with E-state index < -0.39 is 0 Å². The normalized spacial score (nSPS) is 29.4. The molecule has 1 aliphatic carbocycles. The molecule has 2 N–H and O–H groups in total. The number of nitrogens with one attached hydrogen (secondary N) is 2. The van der Waals surface area contributed by atoms with Gasteiger partial charge in [0.2, 0.25) is 5.91 Å². The van der Waals surface area contributed by atoms with Crippen LogP contribution in [0.25, 0.3) is 0 Å². The summed E-state index contributed by atoms with van der Waals surface area (Å²) in [6.45, 7) is 2.23. The number of carbonyl (C=O) groups excluding carboxylic acids is 1. The van der Waals surface area contributed by atoms with E-state index in [1.54, 1.807) is 7.11 Å². The lowest BCUT2D eigenvalue weighted by Gasteiger charge is -2.22. The minimum absolute atomic E-state index is 0.232. The van der Waals surface area contributed by atoms with Crippen molar-refractivity contribution >= 4 is 5.91 Å². The van der Waals surface area contributed by atoms with Gasteiger partial charge in [-0.1, -0.05) is 0 Å². The Morgan fingerprint density at radius 2 is 2.06 bits per heavy atom. The molecule has 1 heterocycles. The van der Waals surface area contributed by atoms with Crippen molar-refractivity contribution < 1.29 is 9.53 Å². The molecule has 1 saturated carbocycles. The average Bonchev–Trinajstić information content (AvgIpc) is 2.85. The van der Waals surface area contributed by atoms with Crippen LogP contribution in [0, 0.1) is 5.92 Å². The molecule has 18 heavy (non-hydrogen) atoms. The SMILES string of the molecule is COC1CCC(NC(=O)CCC2CCNCC2)C1. The van der Waals surface area contributed by atoms with Crippen LogP contribution in [0.4, 0.5) is 0 Å². The zero-order valence-corrected chi connectivity index (χ0v) is 11.4. The topological polar surface area (TPSA) is 50.4 Å². The maximum Gasteiger partial charge on any atom is 0.220 e. The van der Waals surface area contributed by atoms with Gasteiger partial charge in [0, 0.05) is 19.6 Å². The molecule has 1 aliphatic heterocycles. The Morgan fingerprint density at radius 1 is 1.28 bits per heavy atom. The number of methoxy groups -OCH3 is 1. The van der Waals surface area contributed by atoms with Gasteiger partial charge in [-0.05, 0) is 57.5 Å². The van der Waals surface area contributed by atoms with Crippen LogP contribution in [0.15, 0.2) is 0 Å². The lowest BCUT2D eigenvalue weighted by atomic mass is 9.93. The van der Waals surface area contributed by atoms with Gasteiger partial charge in [0.05, 0.1) is 6.10 Å². The molecule has 0 radical (unpaired) electrons. The Labute approximate surface area is 110 Å². The van der Waals surface area contributed by atoms with E-state index in [-0.39, 0.29) is 5.91 Å². The van der Waals surface area contributed by atoms with E-state index in [0.717, 1.165) is 44.7 Å². The third-order valence-corrected chi connectivity index (χ3v) is 4.32. The average molecular weight is 254 g/mol. The molecule has 2 unspecified atom stereocenters. The molecule has 1 saturated heterocycles. The molecular weight excluding hydrogens is 228 g/mol. The zero-order valence-electron chi connectivity index (χ0n) is 11.4. The smallest absolute Gasteiger partial charge is 0.220 e. The molecule has 2 atom stereocenters. The number of rotatable bonds is 5. The molecule has 2 fully saturated rings. The van der Waals surface area contributed by atoms with E-state index in [9.17, 15) is 4.79 Å². The van der Waals surface area contributed by atoms with Crippen LogP contribution < -0.4 is 10.6 Å². The highest BCUT2D eigenvalue weighted by atomic mass is 16.5. The number of hydrogen-bond donors (Lipinski definition) is 2. The van der Waals surface area contributed by atoms with Crippen LogP contribution in [0.1, 0.15) is 44.9 Å². The predicted octanol–water partition coefficient (Wildman–Crippen LogP) is 1.45. The first-order valence-electron chi connectivity index (χ1n) is 7.31. The maximum atomic E-state index is 11.9. The summed E-state index contributed by atoms with van der Waals surface area (Å²) >= 11 is 0. The molecule has 0 aromatic rings. The maximum absolute atomic E-state index is 11.9. The highest BCUT2D eigenvalue weighted by Gasteiger charge is 2.25. The van der Waals surface area contributed by atoms with Crippen molar-refractivity contribution in [2.45, 2.75) is 57.1 Å². The molecule has 0 aromatic carbocycles. The molecule has 0 bridgehead atoms. The van der Waals surface area contributed by atoms with Gasteiger partial charge in [-0.2, -0.15) is 0 Å². The van der Waals surface area contributed by atoms with Crippen molar-refractivity contribution in [2.24, 2.45) is 5.92 Å². The Morgan fingerprint density at radius 3 is 2.72 bits per heavy atom. The molecule has 2 rings (SSSR count). The Balaban J connectivity index is 1.60. The second-order valence-corrected chi connectivity index (χ2v) is 5.67. The first-order valence-corrected chi connectivity index (χ1v) is 7.31. The van der Waals surface area contributed by atoms with Crippen LogP contribution in [-0.2, 0) is 9.53 Å². The lowest BCUT2D eigenvalue weighted by molar-refractivity contribution is -0.122.